The third-order valence-electron chi connectivity index (χ3n) is 4.97. The molecule has 1 N–H and O–H groups in total. The molecule has 2 aliphatic heterocycles. The molecule has 2 saturated heterocycles. The number of nitrogens with one attached hydrogen (secondary N) is 1. The van der Waals surface area contributed by atoms with Crippen molar-refractivity contribution < 1.29 is 0 Å². The van der Waals surface area contributed by atoms with Gasteiger partial charge in [0.1, 0.15) is 0 Å². The van der Waals surface area contributed by atoms with Gasteiger partial charge in [-0.3, -0.25) is 4.90 Å². The first-order valence-corrected chi connectivity index (χ1v) is 8.07. The van der Waals surface area contributed by atoms with Crippen molar-refractivity contribution in [3.63, 3.8) is 0 Å². The van der Waals surface area contributed by atoms with Crippen molar-refractivity contribution in [3.8, 4) is 0 Å². The summed E-state index contributed by atoms with van der Waals surface area (Å²) in [6.07, 6.45) is 2.69. The Morgan fingerprint density at radius 2 is 1.86 bits per heavy atom. The van der Waals surface area contributed by atoms with Crippen molar-refractivity contribution >= 4 is 12.4 Å². The minimum Gasteiger partial charge on any atom is -0.314 e. The summed E-state index contributed by atoms with van der Waals surface area (Å²) >= 11 is 0. The van der Waals surface area contributed by atoms with Gasteiger partial charge in [-0.1, -0.05) is 45.0 Å². The monoisotopic (exact) mass is 308 g/mol. The Kier molecular flexibility index (Phi) is 5.34. The van der Waals surface area contributed by atoms with E-state index in [2.05, 4.69) is 55.3 Å². The zero-order chi connectivity index (χ0) is 14.2. The molecule has 0 aliphatic carbocycles. The summed E-state index contributed by atoms with van der Waals surface area (Å²) in [6.45, 7) is 11.7. The van der Waals surface area contributed by atoms with Gasteiger partial charge in [-0.05, 0) is 48.4 Å². The van der Waals surface area contributed by atoms with Crippen LogP contribution in [-0.4, -0.2) is 30.6 Å². The van der Waals surface area contributed by atoms with E-state index in [0.717, 1.165) is 18.5 Å². The van der Waals surface area contributed by atoms with Crippen LogP contribution in [0.15, 0.2) is 24.3 Å². The standard InChI is InChI=1S/C18H28N2.ClH/c1-18(2,3)16-6-4-14(5-7-16)12-20-11-9-17-15(13-20)8-10-19-17;/h4-7,15,17,19H,8-13H2,1-3H3;1H. The maximum Gasteiger partial charge on any atom is 0.0233 e. The van der Waals surface area contributed by atoms with Crippen molar-refractivity contribution in [3.05, 3.63) is 35.4 Å². The zero-order valence-electron chi connectivity index (χ0n) is 13.6. The lowest BCUT2D eigenvalue weighted by Crippen LogP contribution is -2.43. The van der Waals surface area contributed by atoms with Gasteiger partial charge in [0, 0.05) is 19.1 Å². The van der Waals surface area contributed by atoms with E-state index in [-0.39, 0.29) is 17.8 Å². The molecule has 1 aromatic rings. The van der Waals surface area contributed by atoms with Crippen LogP contribution in [0.4, 0.5) is 0 Å². The van der Waals surface area contributed by atoms with Crippen LogP contribution in [0.2, 0.25) is 0 Å². The third-order valence-corrected chi connectivity index (χ3v) is 4.97. The normalized spacial score (nSPS) is 26.2. The zero-order valence-corrected chi connectivity index (χ0v) is 14.4. The molecule has 0 spiro atoms. The van der Waals surface area contributed by atoms with Crippen molar-refractivity contribution in [1.29, 1.82) is 0 Å². The summed E-state index contributed by atoms with van der Waals surface area (Å²) in [5.74, 6) is 0.887. The second-order valence-electron chi connectivity index (χ2n) is 7.58. The molecule has 3 heteroatoms. The number of rotatable bonds is 2. The van der Waals surface area contributed by atoms with Crippen molar-refractivity contribution in [1.82, 2.24) is 10.2 Å². The van der Waals surface area contributed by atoms with Crippen LogP contribution in [0.5, 0.6) is 0 Å². The van der Waals surface area contributed by atoms with Crippen molar-refractivity contribution in [2.24, 2.45) is 5.92 Å². The number of halogens is 1. The average Bonchev–Trinajstić information content (AvgIpc) is 2.86. The van der Waals surface area contributed by atoms with Crippen LogP contribution >= 0.6 is 12.4 Å². The number of hydrogen-bond acceptors (Lipinski definition) is 2. The summed E-state index contributed by atoms with van der Waals surface area (Å²) in [6, 6.07) is 10.0. The fourth-order valence-electron chi connectivity index (χ4n) is 3.63. The lowest BCUT2D eigenvalue weighted by Gasteiger charge is -2.35. The molecule has 0 aromatic heterocycles. The molecule has 2 unspecified atom stereocenters. The molecular formula is C18H29ClN2. The first-order chi connectivity index (χ1) is 9.52. The first kappa shape index (κ1) is 16.8. The largest absolute Gasteiger partial charge is 0.314 e. The van der Waals surface area contributed by atoms with Crippen LogP contribution in [0.25, 0.3) is 0 Å². The van der Waals surface area contributed by atoms with Crippen molar-refractivity contribution in [2.75, 3.05) is 19.6 Å². The molecule has 2 heterocycles. The van der Waals surface area contributed by atoms with Crippen LogP contribution in [0.3, 0.4) is 0 Å². The lowest BCUT2D eigenvalue weighted by molar-refractivity contribution is 0.156. The molecule has 2 fully saturated rings. The number of hydrogen-bond donors (Lipinski definition) is 1. The number of nitrogens with zero attached hydrogens (tertiary/aromatic N) is 1. The quantitative estimate of drug-likeness (QED) is 0.898. The number of likely N-dealkylation sites (tertiary alicyclic amines) is 1. The highest BCUT2D eigenvalue weighted by atomic mass is 35.5. The minimum atomic E-state index is 0. The molecule has 2 atom stereocenters. The Morgan fingerprint density at radius 3 is 2.52 bits per heavy atom. The number of piperidine rings is 1. The number of fused-ring (bicyclic) bond motifs is 1. The van der Waals surface area contributed by atoms with Gasteiger partial charge in [-0.15, -0.1) is 12.4 Å². The molecule has 1 aromatic carbocycles. The highest BCUT2D eigenvalue weighted by molar-refractivity contribution is 5.85. The van der Waals surface area contributed by atoms with Crippen LogP contribution in [-0.2, 0) is 12.0 Å². The van der Waals surface area contributed by atoms with Gasteiger partial charge in [0.25, 0.3) is 0 Å². The van der Waals surface area contributed by atoms with Gasteiger partial charge in [-0.2, -0.15) is 0 Å². The maximum atomic E-state index is 3.64. The fraction of sp³-hybridized carbons (Fsp3) is 0.667. The minimum absolute atomic E-state index is 0. The predicted octanol–water partition coefficient (Wildman–Crippen LogP) is 3.59. The summed E-state index contributed by atoms with van der Waals surface area (Å²) < 4.78 is 0. The highest BCUT2D eigenvalue weighted by Gasteiger charge is 2.32. The van der Waals surface area contributed by atoms with Crippen LogP contribution in [0.1, 0.15) is 44.7 Å². The third kappa shape index (κ3) is 4.00. The van der Waals surface area contributed by atoms with Gasteiger partial charge in [0.05, 0.1) is 0 Å². The Hall–Kier alpha value is -0.570. The maximum absolute atomic E-state index is 3.64. The van der Waals surface area contributed by atoms with E-state index in [9.17, 15) is 0 Å². The van der Waals surface area contributed by atoms with E-state index in [1.54, 1.807) is 0 Å². The smallest absolute Gasteiger partial charge is 0.0233 e. The number of benzene rings is 1. The van der Waals surface area contributed by atoms with Crippen LogP contribution < -0.4 is 5.32 Å². The van der Waals surface area contributed by atoms with E-state index in [1.165, 1.54) is 43.6 Å². The second kappa shape index (κ2) is 6.68. The summed E-state index contributed by atoms with van der Waals surface area (Å²) in [7, 11) is 0. The Bertz CT molecular complexity index is 449. The van der Waals surface area contributed by atoms with E-state index < -0.39 is 0 Å². The molecule has 3 rings (SSSR count). The Morgan fingerprint density at radius 1 is 1.14 bits per heavy atom. The van der Waals surface area contributed by atoms with E-state index in [4.69, 9.17) is 0 Å². The molecule has 0 bridgehead atoms. The van der Waals surface area contributed by atoms with Gasteiger partial charge in [0.2, 0.25) is 0 Å². The molecule has 2 aliphatic rings. The summed E-state index contributed by atoms with van der Waals surface area (Å²) in [5, 5.41) is 3.64. The van der Waals surface area contributed by atoms with Gasteiger partial charge < -0.3 is 5.32 Å². The summed E-state index contributed by atoms with van der Waals surface area (Å²) in [5.41, 5.74) is 3.15. The van der Waals surface area contributed by atoms with Crippen LogP contribution in [0, 0.1) is 5.92 Å². The average molecular weight is 309 g/mol. The van der Waals surface area contributed by atoms with Gasteiger partial charge in [-0.25, -0.2) is 0 Å². The Balaban J connectivity index is 0.00000161. The first-order valence-electron chi connectivity index (χ1n) is 8.07. The van der Waals surface area contributed by atoms with Crippen molar-refractivity contribution in [2.45, 2.75) is 51.6 Å². The lowest BCUT2D eigenvalue weighted by atomic mass is 9.86. The fourth-order valence-corrected chi connectivity index (χ4v) is 3.63. The van der Waals surface area contributed by atoms with Gasteiger partial charge >= 0.3 is 0 Å². The molecule has 21 heavy (non-hydrogen) atoms. The molecule has 118 valence electrons. The summed E-state index contributed by atoms with van der Waals surface area (Å²) in [4.78, 5) is 2.64. The predicted molar refractivity (Wildman–Crippen MR) is 92.2 cm³/mol. The molecule has 0 amide bonds. The molecule has 2 nitrogen and oxygen atoms in total. The van der Waals surface area contributed by atoms with E-state index >= 15 is 0 Å². The molecular weight excluding hydrogens is 280 g/mol. The Labute approximate surface area is 135 Å². The second-order valence-corrected chi connectivity index (χ2v) is 7.58. The van der Waals surface area contributed by atoms with Gasteiger partial charge in [0.15, 0.2) is 0 Å². The molecule has 0 saturated carbocycles. The molecule has 0 radical (unpaired) electrons. The SMILES string of the molecule is CC(C)(C)c1ccc(CN2CCC3NCCC3C2)cc1.Cl. The van der Waals surface area contributed by atoms with E-state index in [0.29, 0.717) is 0 Å². The topological polar surface area (TPSA) is 15.3 Å². The van der Waals surface area contributed by atoms with E-state index in [1.807, 2.05) is 0 Å². The highest BCUT2D eigenvalue weighted by Crippen LogP contribution is 2.26.